The molecule has 2 aliphatic heterocycles. The highest BCUT2D eigenvalue weighted by Gasteiger charge is 2.63. The monoisotopic (exact) mass is 422 g/mol. The highest BCUT2D eigenvalue weighted by molar-refractivity contribution is 5.73. The number of rotatable bonds is 6. The summed E-state index contributed by atoms with van der Waals surface area (Å²) in [5, 5.41) is 9.64. The minimum absolute atomic E-state index is 0.226. The molecule has 1 spiro atoms. The van der Waals surface area contributed by atoms with Crippen LogP contribution in [0.25, 0.3) is 0 Å². The van der Waals surface area contributed by atoms with Gasteiger partial charge in [-0.25, -0.2) is 4.79 Å². The molecule has 0 saturated carbocycles. The first-order chi connectivity index (χ1) is 14.8. The van der Waals surface area contributed by atoms with Gasteiger partial charge in [0.25, 0.3) is 0 Å². The number of likely N-dealkylation sites (tertiary alicyclic amines) is 1. The Bertz CT molecular complexity index is 889. The van der Waals surface area contributed by atoms with E-state index in [1.165, 1.54) is 6.42 Å². The van der Waals surface area contributed by atoms with Gasteiger partial charge < -0.3 is 14.7 Å². The molecule has 2 aromatic rings. The molecule has 2 aliphatic rings. The van der Waals surface area contributed by atoms with Crippen LogP contribution in [0.2, 0.25) is 0 Å². The molecule has 2 fully saturated rings. The van der Waals surface area contributed by atoms with E-state index in [-0.39, 0.29) is 11.8 Å². The standard InChI is InChI=1S/C26H34N2O3/c1-20(2)13-16-27-17-14-26(15-18-27)25(3,22-7-5-4-6-8-22)28(24(30)31-26)19-21-9-11-23(29)12-10-21/h4-12,20,29H,13-19H2,1-3H3. The average molecular weight is 423 g/mol. The summed E-state index contributed by atoms with van der Waals surface area (Å²) in [4.78, 5) is 17.6. The fraction of sp³-hybridized carbons (Fsp3) is 0.500. The van der Waals surface area contributed by atoms with E-state index in [4.69, 9.17) is 4.74 Å². The van der Waals surface area contributed by atoms with Crippen LogP contribution in [0, 0.1) is 5.92 Å². The van der Waals surface area contributed by atoms with Gasteiger partial charge in [0.2, 0.25) is 0 Å². The van der Waals surface area contributed by atoms with Crippen molar-refractivity contribution in [3.8, 4) is 5.75 Å². The third-order valence-electron chi connectivity index (χ3n) is 7.23. The van der Waals surface area contributed by atoms with Crippen LogP contribution in [-0.4, -0.2) is 46.2 Å². The number of ether oxygens (including phenoxy) is 1. The molecule has 31 heavy (non-hydrogen) atoms. The van der Waals surface area contributed by atoms with Crippen molar-refractivity contribution >= 4 is 6.09 Å². The SMILES string of the molecule is CC(C)CCN1CCC2(CC1)OC(=O)N(Cc1ccc(O)cc1)C2(C)c1ccccc1. The Morgan fingerprint density at radius 1 is 1.03 bits per heavy atom. The van der Waals surface area contributed by atoms with Crippen LogP contribution in [0.15, 0.2) is 54.6 Å². The van der Waals surface area contributed by atoms with E-state index in [0.717, 1.165) is 43.6 Å². The number of phenolic OH excluding ortho intramolecular Hbond substituents is 1. The molecule has 0 aliphatic carbocycles. The summed E-state index contributed by atoms with van der Waals surface area (Å²) in [6, 6.07) is 17.4. The molecule has 5 nitrogen and oxygen atoms in total. The minimum atomic E-state index is -0.562. The van der Waals surface area contributed by atoms with Crippen LogP contribution in [0.5, 0.6) is 5.75 Å². The van der Waals surface area contributed by atoms with Crippen LogP contribution in [0.4, 0.5) is 4.79 Å². The van der Waals surface area contributed by atoms with E-state index >= 15 is 0 Å². The van der Waals surface area contributed by atoms with Crippen LogP contribution < -0.4 is 0 Å². The Morgan fingerprint density at radius 3 is 2.29 bits per heavy atom. The fourth-order valence-corrected chi connectivity index (χ4v) is 5.11. The number of benzene rings is 2. The van der Waals surface area contributed by atoms with Gasteiger partial charge in [0.15, 0.2) is 0 Å². The molecular formula is C26H34N2O3. The summed E-state index contributed by atoms with van der Waals surface area (Å²) in [6.45, 7) is 10.1. The number of hydrogen-bond acceptors (Lipinski definition) is 4. The fourth-order valence-electron chi connectivity index (χ4n) is 5.11. The van der Waals surface area contributed by atoms with Crippen molar-refractivity contribution in [2.45, 2.75) is 57.7 Å². The maximum absolute atomic E-state index is 13.2. The van der Waals surface area contributed by atoms with E-state index in [1.807, 2.05) is 35.2 Å². The Balaban J connectivity index is 1.64. The molecule has 5 heteroatoms. The molecule has 1 atom stereocenters. The Kier molecular flexibility index (Phi) is 5.98. The van der Waals surface area contributed by atoms with Gasteiger partial charge in [0.05, 0.1) is 6.54 Å². The maximum atomic E-state index is 13.2. The first-order valence-electron chi connectivity index (χ1n) is 11.4. The van der Waals surface area contributed by atoms with Crippen molar-refractivity contribution in [1.82, 2.24) is 9.80 Å². The zero-order chi connectivity index (χ0) is 22.1. The van der Waals surface area contributed by atoms with Crippen molar-refractivity contribution in [3.63, 3.8) is 0 Å². The maximum Gasteiger partial charge on any atom is 0.411 e. The second kappa shape index (κ2) is 8.54. The first kappa shape index (κ1) is 21.7. The Hall–Kier alpha value is -2.53. The van der Waals surface area contributed by atoms with Crippen molar-refractivity contribution in [2.24, 2.45) is 5.92 Å². The molecule has 1 amide bonds. The van der Waals surface area contributed by atoms with Crippen molar-refractivity contribution < 1.29 is 14.6 Å². The summed E-state index contributed by atoms with van der Waals surface area (Å²) in [6.07, 6.45) is 2.59. The highest BCUT2D eigenvalue weighted by Crippen LogP contribution is 2.52. The second-order valence-electron chi connectivity index (χ2n) is 9.58. The number of aromatic hydroxyl groups is 1. The molecular weight excluding hydrogens is 388 g/mol. The highest BCUT2D eigenvalue weighted by atomic mass is 16.6. The predicted octanol–water partition coefficient (Wildman–Crippen LogP) is 5.14. The summed E-state index contributed by atoms with van der Waals surface area (Å²) in [5.74, 6) is 0.916. The summed E-state index contributed by atoms with van der Waals surface area (Å²) in [7, 11) is 0. The lowest BCUT2D eigenvalue weighted by atomic mass is 9.70. The molecule has 0 bridgehead atoms. The Morgan fingerprint density at radius 2 is 1.68 bits per heavy atom. The van der Waals surface area contributed by atoms with Gasteiger partial charge in [-0.05, 0) is 49.1 Å². The lowest BCUT2D eigenvalue weighted by Crippen LogP contribution is -2.58. The summed E-state index contributed by atoms with van der Waals surface area (Å²) >= 11 is 0. The molecule has 1 N–H and O–H groups in total. The van der Waals surface area contributed by atoms with E-state index < -0.39 is 11.1 Å². The quantitative estimate of drug-likeness (QED) is 0.700. The van der Waals surface area contributed by atoms with Gasteiger partial charge in [-0.15, -0.1) is 0 Å². The topological polar surface area (TPSA) is 53.0 Å². The average Bonchev–Trinajstić information content (AvgIpc) is 2.97. The smallest absolute Gasteiger partial charge is 0.411 e. The minimum Gasteiger partial charge on any atom is -0.508 e. The molecule has 1 unspecified atom stereocenters. The van der Waals surface area contributed by atoms with Crippen molar-refractivity contribution in [2.75, 3.05) is 19.6 Å². The molecule has 2 saturated heterocycles. The van der Waals surface area contributed by atoms with E-state index in [9.17, 15) is 9.90 Å². The number of hydrogen-bond donors (Lipinski definition) is 1. The van der Waals surface area contributed by atoms with Gasteiger partial charge >= 0.3 is 6.09 Å². The largest absolute Gasteiger partial charge is 0.508 e. The lowest BCUT2D eigenvalue weighted by molar-refractivity contribution is -0.0604. The van der Waals surface area contributed by atoms with Gasteiger partial charge in [0, 0.05) is 25.9 Å². The van der Waals surface area contributed by atoms with E-state index in [0.29, 0.717) is 12.5 Å². The van der Waals surface area contributed by atoms with Gasteiger partial charge in [-0.3, -0.25) is 4.90 Å². The van der Waals surface area contributed by atoms with Crippen LogP contribution in [-0.2, 0) is 16.8 Å². The molecule has 0 aromatic heterocycles. The number of phenols is 1. The number of nitrogens with zero attached hydrogens (tertiary/aromatic N) is 2. The number of amides is 1. The van der Waals surface area contributed by atoms with Crippen molar-refractivity contribution in [1.29, 1.82) is 0 Å². The summed E-state index contributed by atoms with van der Waals surface area (Å²) in [5.41, 5.74) is 0.975. The normalized spacial score (nSPS) is 23.5. The zero-order valence-corrected chi connectivity index (χ0v) is 18.9. The number of carbonyl (C=O) groups excluding carboxylic acids is 1. The molecule has 166 valence electrons. The van der Waals surface area contributed by atoms with Crippen LogP contribution in [0.3, 0.4) is 0 Å². The summed E-state index contributed by atoms with van der Waals surface area (Å²) < 4.78 is 6.25. The number of piperidine rings is 1. The molecule has 2 aromatic carbocycles. The predicted molar refractivity (Wildman–Crippen MR) is 122 cm³/mol. The third kappa shape index (κ3) is 4.03. The van der Waals surface area contributed by atoms with E-state index in [2.05, 4.69) is 37.8 Å². The van der Waals surface area contributed by atoms with Crippen LogP contribution in [0.1, 0.15) is 51.2 Å². The molecule has 4 rings (SSSR count). The Labute approximate surface area is 185 Å². The van der Waals surface area contributed by atoms with Gasteiger partial charge in [-0.1, -0.05) is 56.3 Å². The lowest BCUT2D eigenvalue weighted by Gasteiger charge is -2.48. The third-order valence-corrected chi connectivity index (χ3v) is 7.23. The zero-order valence-electron chi connectivity index (χ0n) is 18.9. The first-order valence-corrected chi connectivity index (χ1v) is 11.4. The van der Waals surface area contributed by atoms with Crippen LogP contribution >= 0.6 is 0 Å². The molecule has 0 radical (unpaired) electrons. The van der Waals surface area contributed by atoms with Crippen molar-refractivity contribution in [3.05, 3.63) is 65.7 Å². The van der Waals surface area contributed by atoms with Gasteiger partial charge in [0.1, 0.15) is 16.9 Å². The second-order valence-corrected chi connectivity index (χ2v) is 9.58. The van der Waals surface area contributed by atoms with Gasteiger partial charge in [-0.2, -0.15) is 0 Å². The number of carbonyl (C=O) groups is 1. The molecule has 2 heterocycles. The van der Waals surface area contributed by atoms with E-state index in [1.54, 1.807) is 12.1 Å².